The molecule has 3 aromatic rings. The Kier molecular flexibility index (Phi) is 12.7. The lowest BCUT2D eigenvalue weighted by Gasteiger charge is -2.46. The molecule has 0 radical (unpaired) electrons. The van der Waals surface area contributed by atoms with Crippen LogP contribution in [0.1, 0.15) is 73.0 Å². The zero-order valence-corrected chi connectivity index (χ0v) is 29.2. The molecule has 3 rings (SSSR count). The van der Waals surface area contributed by atoms with Gasteiger partial charge in [0.05, 0.1) is 24.4 Å². The van der Waals surface area contributed by atoms with Crippen LogP contribution >= 0.6 is 0 Å². The zero-order chi connectivity index (χ0) is 32.5. The van der Waals surface area contributed by atoms with Crippen molar-refractivity contribution in [3.8, 4) is 0 Å². The molecule has 0 spiro atoms. The van der Waals surface area contributed by atoms with Crippen molar-refractivity contribution >= 4 is 24.6 Å². The summed E-state index contributed by atoms with van der Waals surface area (Å²) < 4.78 is 13.5. The summed E-state index contributed by atoms with van der Waals surface area (Å²) in [4.78, 5) is 14.7. The first-order valence-corrected chi connectivity index (χ1v) is 17.7. The van der Waals surface area contributed by atoms with E-state index in [9.17, 15) is 9.90 Å². The number of hydrogen-bond donors (Lipinski definition) is 1. The lowest BCUT2D eigenvalue weighted by Crippen LogP contribution is -2.68. The molecule has 44 heavy (non-hydrogen) atoms. The van der Waals surface area contributed by atoms with Crippen molar-refractivity contribution in [1.82, 2.24) is 4.90 Å². The van der Waals surface area contributed by atoms with E-state index >= 15 is 0 Å². The van der Waals surface area contributed by atoms with Crippen molar-refractivity contribution in [2.45, 2.75) is 90.7 Å². The fourth-order valence-corrected chi connectivity index (χ4v) is 11.1. The molecule has 0 fully saturated rings. The van der Waals surface area contributed by atoms with E-state index in [1.807, 2.05) is 37.3 Å². The fraction of sp³-hybridized carbons (Fsp3) is 0.447. The number of hydrogen-bond acceptors (Lipinski definition) is 4. The number of amides is 1. The van der Waals surface area contributed by atoms with E-state index in [-0.39, 0.29) is 35.1 Å². The molecule has 5 nitrogen and oxygen atoms in total. The van der Waals surface area contributed by atoms with Crippen LogP contribution in [0.3, 0.4) is 0 Å². The highest BCUT2D eigenvalue weighted by Crippen LogP contribution is 2.38. The van der Waals surface area contributed by atoms with Crippen molar-refractivity contribution < 1.29 is 19.1 Å². The Bertz CT molecular complexity index is 1280. The van der Waals surface area contributed by atoms with Crippen LogP contribution in [-0.2, 0) is 14.0 Å². The minimum Gasteiger partial charge on any atom is -0.402 e. The average molecular weight is 616 g/mol. The third-order valence-corrected chi connectivity index (χ3v) is 14.0. The number of ether oxygens (including phenoxy) is 1. The van der Waals surface area contributed by atoms with Crippen LogP contribution in [0.2, 0.25) is 5.04 Å². The number of likely N-dealkylation sites (N-methyl/N-ethyl adjacent to an activating group) is 1. The van der Waals surface area contributed by atoms with Gasteiger partial charge in [-0.3, -0.25) is 4.79 Å². The van der Waals surface area contributed by atoms with Crippen LogP contribution in [0, 0.1) is 5.92 Å². The first-order chi connectivity index (χ1) is 20.8. The summed E-state index contributed by atoms with van der Waals surface area (Å²) in [6.07, 6.45) is 2.14. The predicted octanol–water partition coefficient (Wildman–Crippen LogP) is 6.91. The number of nitrogens with zero attached hydrogens (tertiary/aromatic N) is 1. The molecule has 0 unspecified atom stereocenters. The van der Waals surface area contributed by atoms with E-state index in [0.29, 0.717) is 12.8 Å². The van der Waals surface area contributed by atoms with Crippen LogP contribution in [0.5, 0.6) is 0 Å². The highest BCUT2D eigenvalue weighted by molar-refractivity contribution is 6.99. The summed E-state index contributed by atoms with van der Waals surface area (Å²) in [5, 5.41) is 13.2. The third kappa shape index (κ3) is 8.36. The maximum absolute atomic E-state index is 13.1. The second-order valence-electron chi connectivity index (χ2n) is 13.2. The second kappa shape index (κ2) is 15.8. The summed E-state index contributed by atoms with van der Waals surface area (Å²) in [6.45, 7) is 15.1. The van der Waals surface area contributed by atoms with Gasteiger partial charge >= 0.3 is 0 Å². The Labute approximate surface area is 267 Å². The largest absolute Gasteiger partial charge is 0.402 e. The molecule has 3 aromatic carbocycles. The topological polar surface area (TPSA) is 59.0 Å². The van der Waals surface area contributed by atoms with Gasteiger partial charge in [0.25, 0.3) is 8.32 Å². The first kappa shape index (κ1) is 35.4. The van der Waals surface area contributed by atoms with Gasteiger partial charge in [-0.25, -0.2) is 0 Å². The van der Waals surface area contributed by atoms with Crippen LogP contribution in [0.25, 0.3) is 0 Å². The first-order valence-electron chi connectivity index (χ1n) is 15.8. The quantitative estimate of drug-likeness (QED) is 0.158. The highest BCUT2D eigenvalue weighted by atomic mass is 28.4. The van der Waals surface area contributed by atoms with Gasteiger partial charge in [-0.05, 0) is 48.2 Å². The standard InChI is InChI=1S/C38H53NO4Si/c1-28(25-26-35(40)39(8)30(3)36(41)32-19-13-10-14-20-32)27-29(2)37(42-9)31(4)43-44(38(5,6)7,33-21-15-11-16-22-33)34-23-17-12-18-24-34/h10-24,27,29-31,36-37,41H,25-26H2,1-9H3/b28-27+/t29-,30-,31-,36+,37+/m0/s1. The molecule has 0 bridgehead atoms. The van der Waals surface area contributed by atoms with Crippen molar-refractivity contribution in [3.63, 3.8) is 0 Å². The molecule has 0 saturated heterocycles. The molecule has 0 saturated carbocycles. The van der Waals surface area contributed by atoms with Crippen LogP contribution < -0.4 is 10.4 Å². The van der Waals surface area contributed by atoms with E-state index < -0.39 is 14.4 Å². The number of carbonyl (C=O) groups is 1. The molecular formula is C38H53NO4Si. The Balaban J connectivity index is 1.75. The van der Waals surface area contributed by atoms with E-state index in [0.717, 1.165) is 11.1 Å². The summed E-state index contributed by atoms with van der Waals surface area (Å²) in [5.41, 5.74) is 1.94. The number of aliphatic hydroxyl groups excluding tert-OH is 1. The molecule has 0 aliphatic rings. The second-order valence-corrected chi connectivity index (χ2v) is 17.4. The Morgan fingerprint density at radius 3 is 1.80 bits per heavy atom. The monoisotopic (exact) mass is 615 g/mol. The molecule has 0 aliphatic carbocycles. The van der Waals surface area contributed by atoms with Gasteiger partial charge in [0.2, 0.25) is 5.91 Å². The highest BCUT2D eigenvalue weighted by Gasteiger charge is 2.51. The Hall–Kier alpha value is -3.03. The maximum atomic E-state index is 13.1. The van der Waals surface area contributed by atoms with Crippen molar-refractivity contribution in [2.24, 2.45) is 5.92 Å². The predicted molar refractivity (Wildman–Crippen MR) is 185 cm³/mol. The summed E-state index contributed by atoms with van der Waals surface area (Å²) in [7, 11) is 0.791. The molecule has 0 heterocycles. The summed E-state index contributed by atoms with van der Waals surface area (Å²) in [5.74, 6) is 0.0828. The SMILES string of the molecule is CO[C@@H]([C@H](C)O[Si](c1ccccc1)(c1ccccc1)C(C)(C)C)[C@@H](C)/C=C(\C)CCC(=O)N(C)[C@@H](C)[C@@H](O)c1ccccc1. The van der Waals surface area contributed by atoms with Gasteiger partial charge in [-0.1, -0.05) is 130 Å². The minimum atomic E-state index is -2.74. The fourth-order valence-electron chi connectivity index (χ4n) is 6.35. The summed E-state index contributed by atoms with van der Waals surface area (Å²) in [6, 6.07) is 30.5. The van der Waals surface area contributed by atoms with Gasteiger partial charge in [0, 0.05) is 26.5 Å². The summed E-state index contributed by atoms with van der Waals surface area (Å²) >= 11 is 0. The lowest BCUT2D eigenvalue weighted by atomic mass is 9.96. The van der Waals surface area contributed by atoms with E-state index in [1.165, 1.54) is 10.4 Å². The molecule has 6 heteroatoms. The van der Waals surface area contributed by atoms with Gasteiger partial charge in [0.1, 0.15) is 0 Å². The third-order valence-electron chi connectivity index (χ3n) is 8.92. The molecule has 238 valence electrons. The molecule has 1 N–H and O–H groups in total. The minimum absolute atomic E-state index is 0.0135. The van der Waals surface area contributed by atoms with Gasteiger partial charge in [-0.2, -0.15) is 0 Å². The van der Waals surface area contributed by atoms with E-state index in [4.69, 9.17) is 9.16 Å². The number of aliphatic hydroxyl groups is 1. The van der Waals surface area contributed by atoms with E-state index in [1.54, 1.807) is 19.1 Å². The Morgan fingerprint density at radius 2 is 1.34 bits per heavy atom. The molecule has 1 amide bonds. The van der Waals surface area contributed by atoms with E-state index in [2.05, 4.69) is 108 Å². The van der Waals surface area contributed by atoms with Crippen molar-refractivity contribution in [1.29, 1.82) is 0 Å². The normalized spacial score (nSPS) is 16.1. The van der Waals surface area contributed by atoms with Crippen molar-refractivity contribution in [2.75, 3.05) is 14.2 Å². The van der Waals surface area contributed by atoms with Gasteiger partial charge in [0.15, 0.2) is 0 Å². The van der Waals surface area contributed by atoms with Gasteiger partial charge < -0.3 is 19.2 Å². The molecule has 0 aromatic heterocycles. The van der Waals surface area contributed by atoms with Crippen molar-refractivity contribution in [3.05, 3.63) is 108 Å². The number of benzene rings is 3. The molecular weight excluding hydrogens is 563 g/mol. The number of methoxy groups -OCH3 is 1. The molecule has 0 aliphatic heterocycles. The molecule has 5 atom stereocenters. The average Bonchev–Trinajstić information content (AvgIpc) is 3.02. The zero-order valence-electron chi connectivity index (χ0n) is 28.2. The number of carbonyl (C=O) groups excluding carboxylic acids is 1. The van der Waals surface area contributed by atoms with Gasteiger partial charge in [-0.15, -0.1) is 0 Å². The lowest BCUT2D eigenvalue weighted by molar-refractivity contribution is -0.133. The van der Waals surface area contributed by atoms with Crippen LogP contribution in [0.15, 0.2) is 103 Å². The Morgan fingerprint density at radius 1 is 0.864 bits per heavy atom. The number of allylic oxidation sites excluding steroid dienone is 1. The smallest absolute Gasteiger partial charge is 0.261 e. The maximum Gasteiger partial charge on any atom is 0.261 e. The van der Waals surface area contributed by atoms with Crippen LogP contribution in [-0.4, -0.2) is 56.6 Å². The number of rotatable bonds is 14. The van der Waals surface area contributed by atoms with Crippen LogP contribution in [0.4, 0.5) is 0 Å².